The lowest BCUT2D eigenvalue weighted by molar-refractivity contribution is -0.129. The average Bonchev–Trinajstić information content (AvgIpc) is 3.39. The number of nitrogens with one attached hydrogen (secondary N) is 3. The molecule has 1 aromatic carbocycles. The van der Waals surface area contributed by atoms with Gasteiger partial charge in [0.2, 0.25) is 12.3 Å². The molecule has 0 spiro atoms. The Morgan fingerprint density at radius 1 is 1.30 bits per heavy atom. The van der Waals surface area contributed by atoms with Gasteiger partial charge in [0.05, 0.1) is 5.69 Å². The second-order valence-electron chi connectivity index (χ2n) is 7.91. The lowest BCUT2D eigenvalue weighted by Gasteiger charge is -2.26. The van der Waals surface area contributed by atoms with Gasteiger partial charge in [-0.15, -0.1) is 0 Å². The molecule has 2 amide bonds. The summed E-state index contributed by atoms with van der Waals surface area (Å²) in [5.74, 6) is 0.213. The third kappa shape index (κ3) is 4.27. The first-order valence-electron chi connectivity index (χ1n) is 10.2. The zero-order chi connectivity index (χ0) is 21.0. The van der Waals surface area contributed by atoms with Crippen LogP contribution in [0.1, 0.15) is 36.1 Å². The van der Waals surface area contributed by atoms with E-state index in [9.17, 15) is 9.59 Å². The molecular formula is C23H26N4O2S. The molecule has 1 aromatic heterocycles. The van der Waals surface area contributed by atoms with Crippen molar-refractivity contribution >= 4 is 35.9 Å². The minimum atomic E-state index is -0.775. The van der Waals surface area contributed by atoms with Crippen molar-refractivity contribution in [1.82, 2.24) is 20.3 Å². The van der Waals surface area contributed by atoms with E-state index in [1.165, 1.54) is 16.7 Å². The van der Waals surface area contributed by atoms with E-state index in [1.54, 1.807) is 19.0 Å². The predicted octanol–water partition coefficient (Wildman–Crippen LogP) is 2.81. The van der Waals surface area contributed by atoms with E-state index >= 15 is 0 Å². The highest BCUT2D eigenvalue weighted by Crippen LogP contribution is 2.35. The van der Waals surface area contributed by atoms with Crippen LogP contribution in [0, 0.1) is 5.92 Å². The molecule has 1 heterocycles. The van der Waals surface area contributed by atoms with Crippen molar-refractivity contribution in [1.29, 1.82) is 0 Å². The van der Waals surface area contributed by atoms with Crippen LogP contribution in [0.25, 0.3) is 11.6 Å². The highest BCUT2D eigenvalue weighted by molar-refractivity contribution is 7.97. The number of allylic oxidation sites excluding steroid dienone is 1. The van der Waals surface area contributed by atoms with Gasteiger partial charge in [0.25, 0.3) is 0 Å². The number of fused-ring (bicyclic) bond motifs is 1. The zero-order valence-electron chi connectivity index (χ0n) is 17.0. The molecule has 2 aliphatic rings. The van der Waals surface area contributed by atoms with Crippen molar-refractivity contribution in [3.05, 3.63) is 59.4 Å². The van der Waals surface area contributed by atoms with E-state index in [0.717, 1.165) is 30.0 Å². The fourth-order valence-corrected chi connectivity index (χ4v) is 5.12. The lowest BCUT2D eigenvalue weighted by Crippen LogP contribution is -2.54. The summed E-state index contributed by atoms with van der Waals surface area (Å²) in [4.78, 5) is 28.9. The Morgan fingerprint density at radius 2 is 2.17 bits per heavy atom. The number of benzene rings is 1. The summed E-state index contributed by atoms with van der Waals surface area (Å²) in [5, 5.41) is 5.41. The first-order valence-corrected chi connectivity index (χ1v) is 11.0. The third-order valence-electron chi connectivity index (χ3n) is 6.01. The van der Waals surface area contributed by atoms with Crippen molar-refractivity contribution in [3.63, 3.8) is 0 Å². The molecule has 156 valence electrons. The number of hydrogen-bond donors (Lipinski definition) is 3. The molecular weight excluding hydrogens is 396 g/mol. The second kappa shape index (κ2) is 9.02. The van der Waals surface area contributed by atoms with Crippen molar-refractivity contribution < 1.29 is 9.59 Å². The van der Waals surface area contributed by atoms with Crippen LogP contribution in [0.5, 0.6) is 0 Å². The summed E-state index contributed by atoms with van der Waals surface area (Å²) in [6, 6.07) is 12.6. The fourth-order valence-electron chi connectivity index (χ4n) is 4.39. The van der Waals surface area contributed by atoms with Gasteiger partial charge in [0.1, 0.15) is 5.54 Å². The quantitative estimate of drug-likeness (QED) is 0.450. The van der Waals surface area contributed by atoms with Crippen molar-refractivity contribution in [2.24, 2.45) is 5.92 Å². The molecule has 30 heavy (non-hydrogen) atoms. The van der Waals surface area contributed by atoms with Crippen LogP contribution in [0.4, 0.5) is 0 Å². The van der Waals surface area contributed by atoms with Crippen LogP contribution in [-0.4, -0.2) is 36.4 Å². The van der Waals surface area contributed by atoms with Gasteiger partial charge in [-0.25, -0.2) is 0 Å². The SMILES string of the molecule is CNC(=O)C1(NC=O)CCC(CNSc2ccc(C3=Cc4ccccc4C3)nc2)C1. The minimum absolute atomic E-state index is 0.118. The molecule has 0 aliphatic heterocycles. The Morgan fingerprint density at radius 3 is 2.90 bits per heavy atom. The summed E-state index contributed by atoms with van der Waals surface area (Å²) in [5.41, 5.74) is 4.12. The number of amides is 2. The van der Waals surface area contributed by atoms with E-state index in [-0.39, 0.29) is 5.91 Å². The lowest BCUT2D eigenvalue weighted by atomic mass is 9.95. The number of carbonyl (C=O) groups excluding carboxylic acids is 2. The maximum Gasteiger partial charge on any atom is 0.245 e. The summed E-state index contributed by atoms with van der Waals surface area (Å²) in [6.07, 6.45) is 7.88. The Hall–Kier alpha value is -2.64. The number of likely N-dealkylation sites (N-methyl/N-ethyl adjacent to an activating group) is 1. The molecule has 6 nitrogen and oxygen atoms in total. The molecule has 1 saturated carbocycles. The first kappa shape index (κ1) is 20.6. The van der Waals surface area contributed by atoms with Gasteiger partial charge in [-0.2, -0.15) is 0 Å². The maximum absolute atomic E-state index is 12.2. The van der Waals surface area contributed by atoms with Gasteiger partial charge in [-0.05, 0) is 72.0 Å². The first-order chi connectivity index (χ1) is 14.6. The number of aromatic nitrogens is 1. The predicted molar refractivity (Wildman–Crippen MR) is 119 cm³/mol. The van der Waals surface area contributed by atoms with E-state index in [0.29, 0.717) is 25.2 Å². The van der Waals surface area contributed by atoms with Gasteiger partial charge >= 0.3 is 0 Å². The fraction of sp³-hybridized carbons (Fsp3) is 0.348. The normalized spacial score (nSPS) is 22.3. The van der Waals surface area contributed by atoms with Crippen LogP contribution in [0.2, 0.25) is 0 Å². The van der Waals surface area contributed by atoms with Crippen LogP contribution >= 0.6 is 11.9 Å². The van der Waals surface area contributed by atoms with Crippen molar-refractivity contribution in [3.8, 4) is 0 Å². The van der Waals surface area contributed by atoms with Crippen LogP contribution in [-0.2, 0) is 16.0 Å². The van der Waals surface area contributed by atoms with E-state index in [1.807, 2.05) is 6.20 Å². The highest BCUT2D eigenvalue weighted by atomic mass is 32.2. The van der Waals surface area contributed by atoms with Gasteiger partial charge in [-0.3, -0.25) is 19.3 Å². The van der Waals surface area contributed by atoms with Crippen LogP contribution < -0.4 is 15.4 Å². The van der Waals surface area contributed by atoms with Crippen LogP contribution in [0.15, 0.2) is 47.5 Å². The number of pyridine rings is 1. The average molecular weight is 423 g/mol. The molecule has 3 N–H and O–H groups in total. The molecule has 0 bridgehead atoms. The second-order valence-corrected chi connectivity index (χ2v) is 8.87. The van der Waals surface area contributed by atoms with E-state index in [4.69, 9.17) is 0 Å². The molecule has 4 rings (SSSR count). The standard InChI is InChI=1S/C23H26N4O2S/c1-24-22(29)23(26-15-28)9-8-16(12-23)13-27-30-20-6-7-21(25-14-20)19-10-17-4-2-3-5-18(17)11-19/h2-7,10,14-16,27H,8-9,11-13H2,1H3,(H,24,29)(H,26,28). The van der Waals surface area contributed by atoms with Gasteiger partial charge < -0.3 is 10.6 Å². The number of hydrogen-bond acceptors (Lipinski definition) is 5. The molecule has 2 atom stereocenters. The van der Waals surface area contributed by atoms with Gasteiger partial charge in [0, 0.05) is 31.1 Å². The smallest absolute Gasteiger partial charge is 0.245 e. The third-order valence-corrected chi connectivity index (χ3v) is 6.79. The monoisotopic (exact) mass is 422 g/mol. The Balaban J connectivity index is 1.28. The molecule has 0 saturated heterocycles. The summed E-state index contributed by atoms with van der Waals surface area (Å²) in [6.45, 7) is 0.770. The summed E-state index contributed by atoms with van der Waals surface area (Å²) < 4.78 is 3.40. The Kier molecular flexibility index (Phi) is 6.20. The molecule has 2 aliphatic carbocycles. The van der Waals surface area contributed by atoms with Gasteiger partial charge in [0.15, 0.2) is 0 Å². The Bertz CT molecular complexity index is 960. The minimum Gasteiger partial charge on any atom is -0.357 e. The summed E-state index contributed by atoms with van der Waals surface area (Å²) >= 11 is 1.55. The number of nitrogens with zero attached hydrogens (tertiary/aromatic N) is 1. The molecule has 2 aromatic rings. The number of rotatable bonds is 8. The van der Waals surface area contributed by atoms with E-state index < -0.39 is 5.54 Å². The maximum atomic E-state index is 12.2. The van der Waals surface area contributed by atoms with E-state index in [2.05, 4.69) is 62.8 Å². The van der Waals surface area contributed by atoms with Gasteiger partial charge in [-0.1, -0.05) is 24.3 Å². The molecule has 1 fully saturated rings. The Labute approximate surface area is 181 Å². The van der Waals surface area contributed by atoms with Crippen LogP contribution in [0.3, 0.4) is 0 Å². The topological polar surface area (TPSA) is 83.1 Å². The highest BCUT2D eigenvalue weighted by Gasteiger charge is 2.44. The number of carbonyl (C=O) groups is 2. The molecule has 2 unspecified atom stereocenters. The zero-order valence-corrected chi connectivity index (χ0v) is 17.8. The van der Waals surface area contributed by atoms with Crippen molar-refractivity contribution in [2.75, 3.05) is 13.6 Å². The van der Waals surface area contributed by atoms with Crippen molar-refractivity contribution in [2.45, 2.75) is 36.1 Å². The largest absolute Gasteiger partial charge is 0.357 e. The summed E-state index contributed by atoms with van der Waals surface area (Å²) in [7, 11) is 1.61. The molecule has 0 radical (unpaired) electrons. The molecule has 7 heteroatoms.